The van der Waals surface area contributed by atoms with Gasteiger partial charge in [-0.3, -0.25) is 4.79 Å². The van der Waals surface area contributed by atoms with E-state index in [4.69, 9.17) is 11.6 Å². The van der Waals surface area contributed by atoms with E-state index < -0.39 is 5.41 Å². The first-order valence-electron chi connectivity index (χ1n) is 5.98. The molecule has 0 aromatic rings. The normalized spacial score (nSPS) is 25.8. The van der Waals surface area contributed by atoms with Crippen LogP contribution in [0.2, 0.25) is 0 Å². The van der Waals surface area contributed by atoms with E-state index in [1.165, 1.54) is 12.2 Å². The van der Waals surface area contributed by atoms with E-state index in [0.29, 0.717) is 11.9 Å². The molecule has 2 nitrogen and oxygen atoms in total. The molecule has 0 saturated heterocycles. The van der Waals surface area contributed by atoms with Gasteiger partial charge in [-0.1, -0.05) is 6.92 Å². The number of rotatable bonds is 5. The second kappa shape index (κ2) is 6.15. The first kappa shape index (κ1) is 14.2. The fourth-order valence-corrected chi connectivity index (χ4v) is 3.16. The Morgan fingerprint density at radius 3 is 2.75 bits per heavy atom. The van der Waals surface area contributed by atoms with Crippen molar-refractivity contribution in [1.29, 1.82) is 0 Å². The lowest BCUT2D eigenvalue weighted by molar-refractivity contribution is -0.129. The van der Waals surface area contributed by atoms with Gasteiger partial charge in [-0.25, -0.2) is 0 Å². The zero-order chi connectivity index (χ0) is 12.2. The summed E-state index contributed by atoms with van der Waals surface area (Å²) >= 11 is 7.79. The molecule has 1 aliphatic rings. The third-order valence-electron chi connectivity index (χ3n) is 3.07. The lowest BCUT2D eigenvalue weighted by Crippen LogP contribution is -2.43. The summed E-state index contributed by atoms with van der Waals surface area (Å²) in [6, 6.07) is 0.360. The SMILES string of the molecule is CCSC1CCC(NC(=O)C(C)(C)CCl)C1. The van der Waals surface area contributed by atoms with Gasteiger partial charge in [-0.05, 0) is 38.9 Å². The van der Waals surface area contributed by atoms with Crippen LogP contribution in [0.25, 0.3) is 0 Å². The first-order chi connectivity index (χ1) is 7.49. The lowest BCUT2D eigenvalue weighted by atomic mass is 9.95. The van der Waals surface area contributed by atoms with Crippen LogP contribution in [0.5, 0.6) is 0 Å². The molecule has 0 radical (unpaired) electrons. The second-order valence-electron chi connectivity index (χ2n) is 5.08. The number of carbonyl (C=O) groups excluding carboxylic acids is 1. The summed E-state index contributed by atoms with van der Waals surface area (Å²) in [5.74, 6) is 1.63. The molecule has 1 rings (SSSR count). The number of alkyl halides is 1. The predicted molar refractivity (Wildman–Crippen MR) is 72.2 cm³/mol. The minimum atomic E-state index is -0.447. The van der Waals surface area contributed by atoms with Crippen molar-refractivity contribution in [2.75, 3.05) is 11.6 Å². The highest BCUT2D eigenvalue weighted by atomic mass is 35.5. The minimum absolute atomic E-state index is 0.0923. The number of thioether (sulfide) groups is 1. The van der Waals surface area contributed by atoms with Gasteiger partial charge in [0.25, 0.3) is 0 Å². The Bertz CT molecular complexity index is 245. The van der Waals surface area contributed by atoms with Crippen LogP contribution < -0.4 is 5.32 Å². The Kier molecular flexibility index (Phi) is 5.45. The van der Waals surface area contributed by atoms with Gasteiger partial charge in [0, 0.05) is 17.2 Å². The maximum absolute atomic E-state index is 11.9. The van der Waals surface area contributed by atoms with Crippen LogP contribution in [0.3, 0.4) is 0 Å². The maximum atomic E-state index is 11.9. The van der Waals surface area contributed by atoms with Crippen LogP contribution >= 0.6 is 23.4 Å². The van der Waals surface area contributed by atoms with Crippen LogP contribution in [0.4, 0.5) is 0 Å². The van der Waals surface area contributed by atoms with E-state index in [1.54, 1.807) is 0 Å². The number of amides is 1. The molecule has 1 aliphatic carbocycles. The highest BCUT2D eigenvalue weighted by Crippen LogP contribution is 2.30. The highest BCUT2D eigenvalue weighted by molar-refractivity contribution is 7.99. The molecular formula is C12H22ClNOS. The van der Waals surface area contributed by atoms with Crippen LogP contribution in [-0.2, 0) is 4.79 Å². The molecule has 94 valence electrons. The Hall–Kier alpha value is 0.110. The van der Waals surface area contributed by atoms with Crippen LogP contribution in [-0.4, -0.2) is 28.8 Å². The molecule has 1 fully saturated rings. The number of hydrogen-bond donors (Lipinski definition) is 1. The molecule has 1 amide bonds. The van der Waals surface area contributed by atoms with Crippen molar-refractivity contribution >= 4 is 29.3 Å². The molecule has 16 heavy (non-hydrogen) atoms. The molecule has 1 saturated carbocycles. The second-order valence-corrected chi connectivity index (χ2v) is 6.92. The first-order valence-corrected chi connectivity index (χ1v) is 7.56. The summed E-state index contributed by atoms with van der Waals surface area (Å²) in [5, 5.41) is 3.85. The topological polar surface area (TPSA) is 29.1 Å². The summed E-state index contributed by atoms with van der Waals surface area (Å²) in [4.78, 5) is 11.9. The van der Waals surface area contributed by atoms with E-state index >= 15 is 0 Å². The fraction of sp³-hybridized carbons (Fsp3) is 0.917. The summed E-state index contributed by atoms with van der Waals surface area (Å²) in [7, 11) is 0. The largest absolute Gasteiger partial charge is 0.353 e. The summed E-state index contributed by atoms with van der Waals surface area (Å²) in [6.45, 7) is 5.97. The molecule has 0 heterocycles. The van der Waals surface area contributed by atoms with Gasteiger partial charge in [-0.2, -0.15) is 11.8 Å². The van der Waals surface area contributed by atoms with Crippen LogP contribution in [0.1, 0.15) is 40.0 Å². The number of carbonyl (C=O) groups is 1. The van der Waals surface area contributed by atoms with E-state index in [0.717, 1.165) is 18.1 Å². The van der Waals surface area contributed by atoms with E-state index in [1.807, 2.05) is 25.6 Å². The molecule has 0 bridgehead atoms. The highest BCUT2D eigenvalue weighted by Gasteiger charge is 2.31. The molecule has 1 N–H and O–H groups in total. The lowest BCUT2D eigenvalue weighted by Gasteiger charge is -2.23. The standard InChI is InChI=1S/C12H22ClNOS/c1-4-16-10-6-5-9(7-10)14-11(15)12(2,3)8-13/h9-10H,4-8H2,1-3H3,(H,14,15). The molecule has 4 heteroatoms. The van der Waals surface area contributed by atoms with Gasteiger partial charge in [0.2, 0.25) is 5.91 Å². The van der Waals surface area contributed by atoms with Crippen LogP contribution in [0, 0.1) is 5.41 Å². The van der Waals surface area contributed by atoms with Crippen molar-refractivity contribution in [3.63, 3.8) is 0 Å². The summed E-state index contributed by atoms with van der Waals surface area (Å²) in [6.07, 6.45) is 3.45. The van der Waals surface area contributed by atoms with E-state index in [9.17, 15) is 4.79 Å². The molecule has 0 aromatic heterocycles. The van der Waals surface area contributed by atoms with Crippen molar-refractivity contribution in [3.05, 3.63) is 0 Å². The van der Waals surface area contributed by atoms with Gasteiger partial charge < -0.3 is 5.32 Å². The van der Waals surface area contributed by atoms with Gasteiger partial charge >= 0.3 is 0 Å². The van der Waals surface area contributed by atoms with Crippen LogP contribution in [0.15, 0.2) is 0 Å². The van der Waals surface area contributed by atoms with E-state index in [2.05, 4.69) is 12.2 Å². The third-order valence-corrected chi connectivity index (χ3v) is 4.97. The molecular weight excluding hydrogens is 242 g/mol. The van der Waals surface area contributed by atoms with Gasteiger partial charge in [0.05, 0.1) is 5.41 Å². The van der Waals surface area contributed by atoms with Crippen molar-refractivity contribution in [2.24, 2.45) is 5.41 Å². The molecule has 0 spiro atoms. The Morgan fingerprint density at radius 1 is 1.50 bits per heavy atom. The zero-order valence-corrected chi connectivity index (χ0v) is 12.0. The fourth-order valence-electron chi connectivity index (χ4n) is 1.90. The smallest absolute Gasteiger partial charge is 0.227 e. The van der Waals surface area contributed by atoms with Crippen molar-refractivity contribution in [1.82, 2.24) is 5.32 Å². The van der Waals surface area contributed by atoms with Gasteiger partial charge in [0.15, 0.2) is 0 Å². The van der Waals surface area contributed by atoms with Crippen molar-refractivity contribution < 1.29 is 4.79 Å². The molecule has 0 aliphatic heterocycles. The Labute approximate surface area is 108 Å². The van der Waals surface area contributed by atoms with Crippen molar-refractivity contribution in [3.8, 4) is 0 Å². The average Bonchev–Trinajstić information content (AvgIpc) is 2.66. The molecule has 2 unspecified atom stereocenters. The molecule has 2 atom stereocenters. The number of halogens is 1. The summed E-state index contributed by atoms with van der Waals surface area (Å²) in [5.41, 5.74) is -0.447. The third kappa shape index (κ3) is 3.85. The zero-order valence-electron chi connectivity index (χ0n) is 10.4. The number of nitrogens with one attached hydrogen (secondary N) is 1. The van der Waals surface area contributed by atoms with Crippen molar-refractivity contribution in [2.45, 2.75) is 51.3 Å². The average molecular weight is 264 g/mol. The Morgan fingerprint density at radius 2 is 2.19 bits per heavy atom. The number of hydrogen-bond acceptors (Lipinski definition) is 2. The summed E-state index contributed by atoms with van der Waals surface area (Å²) < 4.78 is 0. The van der Waals surface area contributed by atoms with E-state index in [-0.39, 0.29) is 5.91 Å². The quantitative estimate of drug-likeness (QED) is 0.773. The predicted octanol–water partition coefficient (Wildman–Crippen LogP) is 3.04. The minimum Gasteiger partial charge on any atom is -0.353 e. The van der Waals surface area contributed by atoms with Gasteiger partial charge in [0.1, 0.15) is 0 Å². The monoisotopic (exact) mass is 263 g/mol. The van der Waals surface area contributed by atoms with Gasteiger partial charge in [-0.15, -0.1) is 11.6 Å². The Balaban J connectivity index is 2.37. The maximum Gasteiger partial charge on any atom is 0.227 e. The molecule has 0 aromatic carbocycles.